The summed E-state index contributed by atoms with van der Waals surface area (Å²) >= 11 is 6.02. The maximum absolute atomic E-state index is 11.4. The summed E-state index contributed by atoms with van der Waals surface area (Å²) in [5, 5.41) is 12.8. The zero-order valence-corrected chi connectivity index (χ0v) is 13.3. The first-order valence-electron chi connectivity index (χ1n) is 7.17. The Morgan fingerprint density at radius 3 is 2.70 bits per heavy atom. The number of ketones is 1. The molecule has 6 heteroatoms. The quantitative estimate of drug-likeness (QED) is 0.706. The summed E-state index contributed by atoms with van der Waals surface area (Å²) in [6.07, 6.45) is 0. The van der Waals surface area contributed by atoms with Gasteiger partial charge in [-0.15, -0.1) is 0 Å². The van der Waals surface area contributed by atoms with E-state index in [1.54, 1.807) is 12.1 Å². The molecule has 0 atom stereocenters. The smallest absolute Gasteiger partial charge is 0.203 e. The predicted octanol–water partition coefficient (Wildman–Crippen LogP) is 3.01. The molecule has 1 heterocycles. The topological polar surface area (TPSA) is 67.2 Å². The standard InChI is InChI=1S/C17H16ClN3O2/c1-21-15-8-13(18)6-7-14(15)20-17(21)19-9-11-2-4-12(5-3-11)16(23)10-22/h2-8,22H,9-10H2,1H3,(H,19,20). The molecular formula is C17H16ClN3O2. The lowest BCUT2D eigenvalue weighted by molar-refractivity contribution is 0.0903. The van der Waals surface area contributed by atoms with Crippen molar-refractivity contribution < 1.29 is 9.90 Å². The third kappa shape index (κ3) is 3.21. The number of aromatic nitrogens is 2. The Hall–Kier alpha value is -2.37. The van der Waals surface area contributed by atoms with Gasteiger partial charge in [-0.05, 0) is 23.8 Å². The van der Waals surface area contributed by atoms with Crippen molar-refractivity contribution in [3.8, 4) is 0 Å². The van der Waals surface area contributed by atoms with E-state index >= 15 is 0 Å². The molecule has 3 rings (SSSR count). The Morgan fingerprint density at radius 2 is 2.00 bits per heavy atom. The minimum atomic E-state index is -0.472. The molecule has 0 radical (unpaired) electrons. The minimum Gasteiger partial charge on any atom is -0.388 e. The number of hydrogen-bond donors (Lipinski definition) is 2. The molecule has 0 aliphatic carbocycles. The second-order valence-electron chi connectivity index (χ2n) is 5.26. The van der Waals surface area contributed by atoms with Crippen molar-refractivity contribution in [2.75, 3.05) is 11.9 Å². The molecule has 0 saturated heterocycles. The summed E-state index contributed by atoms with van der Waals surface area (Å²) in [7, 11) is 1.93. The highest BCUT2D eigenvalue weighted by Gasteiger charge is 2.08. The molecule has 0 unspecified atom stereocenters. The van der Waals surface area contributed by atoms with Gasteiger partial charge in [-0.3, -0.25) is 4.79 Å². The molecule has 1 aromatic heterocycles. The van der Waals surface area contributed by atoms with Crippen LogP contribution in [0.5, 0.6) is 0 Å². The molecule has 2 aromatic carbocycles. The number of aliphatic hydroxyl groups excluding tert-OH is 1. The first-order chi connectivity index (χ1) is 11.1. The number of halogens is 1. The number of rotatable bonds is 5. The van der Waals surface area contributed by atoms with Gasteiger partial charge < -0.3 is 15.0 Å². The molecule has 3 aromatic rings. The summed E-state index contributed by atoms with van der Waals surface area (Å²) in [4.78, 5) is 15.9. The average molecular weight is 330 g/mol. The number of carbonyl (C=O) groups excluding carboxylic acids is 1. The molecule has 5 nitrogen and oxygen atoms in total. The number of aryl methyl sites for hydroxylation is 1. The second kappa shape index (κ2) is 6.40. The van der Waals surface area contributed by atoms with Crippen molar-refractivity contribution in [2.24, 2.45) is 7.05 Å². The van der Waals surface area contributed by atoms with E-state index in [2.05, 4.69) is 10.3 Å². The number of anilines is 1. The molecule has 0 spiro atoms. The number of nitrogens with one attached hydrogen (secondary N) is 1. The van der Waals surface area contributed by atoms with E-state index in [-0.39, 0.29) is 5.78 Å². The summed E-state index contributed by atoms with van der Waals surface area (Å²) in [5.41, 5.74) is 3.37. The molecule has 23 heavy (non-hydrogen) atoms. The molecule has 0 saturated carbocycles. The Kier molecular flexibility index (Phi) is 4.32. The van der Waals surface area contributed by atoms with Crippen molar-refractivity contribution in [2.45, 2.75) is 6.54 Å². The Balaban J connectivity index is 1.75. The van der Waals surface area contributed by atoms with Crippen LogP contribution in [-0.2, 0) is 13.6 Å². The fourth-order valence-corrected chi connectivity index (χ4v) is 2.57. The summed E-state index contributed by atoms with van der Waals surface area (Å²) < 4.78 is 1.95. The Bertz CT molecular complexity index is 856. The fourth-order valence-electron chi connectivity index (χ4n) is 2.40. The lowest BCUT2D eigenvalue weighted by atomic mass is 10.1. The maximum Gasteiger partial charge on any atom is 0.203 e. The average Bonchev–Trinajstić information content (AvgIpc) is 2.88. The highest BCUT2D eigenvalue weighted by atomic mass is 35.5. The predicted molar refractivity (Wildman–Crippen MR) is 90.9 cm³/mol. The molecule has 0 aliphatic rings. The largest absolute Gasteiger partial charge is 0.388 e. The van der Waals surface area contributed by atoms with E-state index in [0.717, 1.165) is 22.5 Å². The van der Waals surface area contributed by atoms with Crippen LogP contribution < -0.4 is 5.32 Å². The van der Waals surface area contributed by atoms with Gasteiger partial charge in [0.1, 0.15) is 6.61 Å². The number of carbonyl (C=O) groups is 1. The SMILES string of the molecule is Cn1c(NCc2ccc(C(=O)CO)cc2)nc2ccc(Cl)cc21. The lowest BCUT2D eigenvalue weighted by Gasteiger charge is -2.07. The minimum absolute atomic E-state index is 0.281. The fraction of sp³-hybridized carbons (Fsp3) is 0.176. The third-order valence-corrected chi connectivity index (χ3v) is 3.95. The number of Topliss-reactive ketones (excluding diaryl/α,β-unsaturated/α-hetero) is 1. The van der Waals surface area contributed by atoms with Gasteiger partial charge in [0.05, 0.1) is 11.0 Å². The van der Waals surface area contributed by atoms with Crippen LogP contribution >= 0.6 is 11.6 Å². The highest BCUT2D eigenvalue weighted by Crippen LogP contribution is 2.22. The van der Waals surface area contributed by atoms with Crippen molar-refractivity contribution >= 4 is 34.4 Å². The molecule has 118 valence electrons. The molecule has 0 fully saturated rings. The first-order valence-corrected chi connectivity index (χ1v) is 7.55. The van der Waals surface area contributed by atoms with Crippen molar-refractivity contribution in [1.82, 2.24) is 9.55 Å². The summed E-state index contributed by atoms with van der Waals surface area (Å²) in [5.74, 6) is 0.467. The van der Waals surface area contributed by atoms with Crippen molar-refractivity contribution in [3.05, 3.63) is 58.6 Å². The molecule has 0 bridgehead atoms. The first kappa shape index (κ1) is 15.5. The van der Waals surface area contributed by atoms with Gasteiger partial charge in [-0.1, -0.05) is 35.9 Å². The van der Waals surface area contributed by atoms with Crippen LogP contribution in [0.4, 0.5) is 5.95 Å². The number of fused-ring (bicyclic) bond motifs is 1. The number of imidazole rings is 1. The zero-order chi connectivity index (χ0) is 16.4. The monoisotopic (exact) mass is 329 g/mol. The van der Waals surface area contributed by atoms with E-state index in [1.165, 1.54) is 0 Å². The Labute approximate surface area is 138 Å². The van der Waals surface area contributed by atoms with Crippen LogP contribution in [0.25, 0.3) is 11.0 Å². The number of benzene rings is 2. The maximum atomic E-state index is 11.4. The van der Waals surface area contributed by atoms with Gasteiger partial charge in [-0.25, -0.2) is 4.98 Å². The molecule has 2 N–H and O–H groups in total. The number of hydrogen-bond acceptors (Lipinski definition) is 4. The van der Waals surface area contributed by atoms with E-state index in [9.17, 15) is 4.79 Å². The second-order valence-corrected chi connectivity index (χ2v) is 5.70. The number of nitrogens with zero attached hydrogens (tertiary/aromatic N) is 2. The van der Waals surface area contributed by atoms with Gasteiger partial charge in [0.2, 0.25) is 5.95 Å². The number of aliphatic hydroxyl groups is 1. The van der Waals surface area contributed by atoms with Crippen LogP contribution in [0.2, 0.25) is 5.02 Å². The molecule has 0 aliphatic heterocycles. The van der Waals surface area contributed by atoms with Crippen LogP contribution in [0, 0.1) is 0 Å². The van der Waals surface area contributed by atoms with Gasteiger partial charge in [-0.2, -0.15) is 0 Å². The van der Waals surface area contributed by atoms with Crippen LogP contribution in [0.1, 0.15) is 15.9 Å². The van der Waals surface area contributed by atoms with Crippen LogP contribution in [-0.4, -0.2) is 27.0 Å². The summed E-state index contributed by atoms with van der Waals surface area (Å²) in [6, 6.07) is 12.7. The van der Waals surface area contributed by atoms with E-state index in [4.69, 9.17) is 16.7 Å². The zero-order valence-electron chi connectivity index (χ0n) is 12.6. The highest BCUT2D eigenvalue weighted by molar-refractivity contribution is 6.31. The Morgan fingerprint density at radius 1 is 1.26 bits per heavy atom. The molecule has 0 amide bonds. The van der Waals surface area contributed by atoms with Gasteiger partial charge >= 0.3 is 0 Å². The van der Waals surface area contributed by atoms with Gasteiger partial charge in [0.25, 0.3) is 0 Å². The van der Waals surface area contributed by atoms with Crippen LogP contribution in [0.15, 0.2) is 42.5 Å². The summed E-state index contributed by atoms with van der Waals surface area (Å²) in [6.45, 7) is 0.110. The normalized spacial score (nSPS) is 10.9. The van der Waals surface area contributed by atoms with Crippen LogP contribution in [0.3, 0.4) is 0 Å². The van der Waals surface area contributed by atoms with E-state index in [0.29, 0.717) is 17.1 Å². The lowest BCUT2D eigenvalue weighted by Crippen LogP contribution is -2.06. The van der Waals surface area contributed by atoms with Gasteiger partial charge in [0.15, 0.2) is 5.78 Å². The molecular weight excluding hydrogens is 314 g/mol. The van der Waals surface area contributed by atoms with E-state index in [1.807, 2.05) is 41.9 Å². The van der Waals surface area contributed by atoms with Crippen molar-refractivity contribution in [3.63, 3.8) is 0 Å². The van der Waals surface area contributed by atoms with E-state index < -0.39 is 6.61 Å². The third-order valence-electron chi connectivity index (χ3n) is 3.71. The van der Waals surface area contributed by atoms with Gasteiger partial charge in [0, 0.05) is 24.2 Å². The van der Waals surface area contributed by atoms with Crippen molar-refractivity contribution in [1.29, 1.82) is 0 Å².